The van der Waals surface area contributed by atoms with Crippen LogP contribution in [0, 0.1) is 23.7 Å². The van der Waals surface area contributed by atoms with Gasteiger partial charge in [-0.1, -0.05) is 0 Å². The number of carboxylic acid groups (broad SMARTS) is 2. The molecule has 4 aliphatic rings. The summed E-state index contributed by atoms with van der Waals surface area (Å²) in [6.07, 6.45) is -1.61. The Balaban J connectivity index is 0.000000298. The van der Waals surface area contributed by atoms with Crippen LogP contribution in [0.15, 0.2) is 0 Å². The minimum atomic E-state index is -5.08. The lowest BCUT2D eigenvalue weighted by Crippen LogP contribution is -2.55. The number of aliphatic carboxylic acids is 2. The van der Waals surface area contributed by atoms with Crippen molar-refractivity contribution in [2.24, 2.45) is 23.7 Å². The van der Waals surface area contributed by atoms with Crippen LogP contribution in [-0.4, -0.2) is 75.5 Å². The number of rotatable bonds is 3. The highest BCUT2D eigenvalue weighted by Crippen LogP contribution is 2.47. The summed E-state index contributed by atoms with van der Waals surface area (Å²) in [6, 6.07) is 0.579. The molecule has 164 valence electrons. The van der Waals surface area contributed by atoms with Gasteiger partial charge in [0.25, 0.3) is 0 Å². The monoisotopic (exact) mass is 422 g/mol. The van der Waals surface area contributed by atoms with E-state index >= 15 is 0 Å². The number of nitrogens with zero attached hydrogens (tertiary/aromatic N) is 1. The normalized spacial score (nSPS) is 36.3. The molecule has 2 saturated heterocycles. The fourth-order valence-corrected chi connectivity index (χ4v) is 4.77. The van der Waals surface area contributed by atoms with Crippen LogP contribution in [-0.2, 0) is 14.4 Å². The Morgan fingerprint density at radius 1 is 1.07 bits per heavy atom. The molecule has 0 spiro atoms. The van der Waals surface area contributed by atoms with Gasteiger partial charge in [0.1, 0.15) is 0 Å². The molecule has 4 N–H and O–H groups in total. The molecule has 4 fully saturated rings. The lowest BCUT2D eigenvalue weighted by molar-refractivity contribution is -0.192. The Labute approximate surface area is 165 Å². The van der Waals surface area contributed by atoms with E-state index in [0.29, 0.717) is 37.9 Å². The van der Waals surface area contributed by atoms with Crippen molar-refractivity contribution in [1.82, 2.24) is 10.2 Å². The standard InChI is InChI=1S/C16H24N2O4.C2HF3O2/c19-14(12-8-17-13-5-11(12)13)18-3-1-10(2-4-18)16(22)6-9(7-16)15(20)21;3-2(4,5)1(6)7/h9-13,17,22H,1-8H2,(H,20,21);(H,6,7). The number of carbonyl (C=O) groups excluding carboxylic acids is 1. The summed E-state index contributed by atoms with van der Waals surface area (Å²) in [5, 5.41) is 30.0. The second-order valence-electron chi connectivity index (χ2n) is 8.47. The van der Waals surface area contributed by atoms with Gasteiger partial charge in [0, 0.05) is 25.7 Å². The molecule has 0 aromatic heterocycles. The van der Waals surface area contributed by atoms with Gasteiger partial charge >= 0.3 is 18.1 Å². The third-order valence-electron chi connectivity index (χ3n) is 6.63. The molecule has 2 saturated carbocycles. The van der Waals surface area contributed by atoms with E-state index in [1.54, 1.807) is 0 Å². The maximum absolute atomic E-state index is 12.6. The van der Waals surface area contributed by atoms with Crippen LogP contribution in [0.4, 0.5) is 13.2 Å². The molecule has 1 amide bonds. The van der Waals surface area contributed by atoms with Crippen LogP contribution in [0.3, 0.4) is 0 Å². The van der Waals surface area contributed by atoms with Gasteiger partial charge in [-0.2, -0.15) is 13.2 Å². The molecule has 8 nitrogen and oxygen atoms in total. The van der Waals surface area contributed by atoms with Crippen LogP contribution in [0.5, 0.6) is 0 Å². The number of fused-ring (bicyclic) bond motifs is 1. The van der Waals surface area contributed by atoms with E-state index in [0.717, 1.165) is 25.8 Å². The molecule has 2 heterocycles. The van der Waals surface area contributed by atoms with Crippen molar-refractivity contribution in [3.8, 4) is 0 Å². The first kappa shape index (κ1) is 21.8. The zero-order valence-electron chi connectivity index (χ0n) is 15.7. The van der Waals surface area contributed by atoms with Gasteiger partial charge in [0.2, 0.25) is 5.91 Å². The first-order valence-corrected chi connectivity index (χ1v) is 9.70. The van der Waals surface area contributed by atoms with E-state index in [1.807, 2.05) is 4.90 Å². The third kappa shape index (κ3) is 4.66. The molecule has 0 radical (unpaired) electrons. The Morgan fingerprint density at radius 3 is 2.00 bits per heavy atom. The van der Waals surface area contributed by atoms with Gasteiger partial charge in [-0.3, -0.25) is 9.59 Å². The van der Waals surface area contributed by atoms with E-state index in [1.165, 1.54) is 0 Å². The Hall–Kier alpha value is -1.88. The molecule has 0 aromatic rings. The summed E-state index contributed by atoms with van der Waals surface area (Å²) in [6.45, 7) is 2.23. The average Bonchev–Trinajstić information content (AvgIpc) is 3.28. The zero-order valence-corrected chi connectivity index (χ0v) is 15.7. The van der Waals surface area contributed by atoms with Crippen molar-refractivity contribution in [2.45, 2.75) is 49.9 Å². The van der Waals surface area contributed by atoms with E-state index < -0.39 is 23.7 Å². The van der Waals surface area contributed by atoms with E-state index in [4.69, 9.17) is 15.0 Å². The molecule has 0 aromatic carbocycles. The maximum atomic E-state index is 12.6. The average molecular weight is 422 g/mol. The fraction of sp³-hybridized carbons (Fsp3) is 0.833. The minimum Gasteiger partial charge on any atom is -0.481 e. The smallest absolute Gasteiger partial charge is 0.481 e. The van der Waals surface area contributed by atoms with Gasteiger partial charge in [0.15, 0.2) is 0 Å². The number of likely N-dealkylation sites (tertiary alicyclic amines) is 1. The molecule has 2 aliphatic heterocycles. The van der Waals surface area contributed by atoms with Crippen molar-refractivity contribution < 1.29 is 42.9 Å². The predicted octanol–water partition coefficient (Wildman–Crippen LogP) is 0.692. The number of alkyl halides is 3. The highest BCUT2D eigenvalue weighted by Gasteiger charge is 2.54. The number of nitrogens with one attached hydrogen (secondary N) is 1. The molecule has 3 unspecified atom stereocenters. The van der Waals surface area contributed by atoms with Crippen LogP contribution in [0.25, 0.3) is 0 Å². The number of carbonyl (C=O) groups is 3. The molecule has 0 bridgehead atoms. The van der Waals surface area contributed by atoms with Crippen molar-refractivity contribution in [2.75, 3.05) is 19.6 Å². The van der Waals surface area contributed by atoms with Crippen molar-refractivity contribution >= 4 is 17.8 Å². The van der Waals surface area contributed by atoms with Crippen LogP contribution in [0.2, 0.25) is 0 Å². The van der Waals surface area contributed by atoms with Gasteiger partial charge in [-0.25, -0.2) is 4.79 Å². The highest BCUT2D eigenvalue weighted by molar-refractivity contribution is 5.80. The largest absolute Gasteiger partial charge is 0.490 e. The first-order chi connectivity index (χ1) is 13.4. The second kappa shape index (κ2) is 7.75. The topological polar surface area (TPSA) is 127 Å². The summed E-state index contributed by atoms with van der Waals surface area (Å²) in [5.74, 6) is -2.82. The Kier molecular flexibility index (Phi) is 5.83. The van der Waals surface area contributed by atoms with Crippen LogP contribution < -0.4 is 5.32 Å². The molecular weight excluding hydrogens is 397 g/mol. The SMILES string of the molecule is O=C(O)C(F)(F)F.O=C(O)C1CC(O)(C2CCN(C(=O)C3CNC4CC43)CC2)C1. The summed E-state index contributed by atoms with van der Waals surface area (Å²) in [4.78, 5) is 34.3. The van der Waals surface area contributed by atoms with Gasteiger partial charge in [0.05, 0.1) is 17.4 Å². The summed E-state index contributed by atoms with van der Waals surface area (Å²) >= 11 is 0. The third-order valence-corrected chi connectivity index (χ3v) is 6.63. The quantitative estimate of drug-likeness (QED) is 0.527. The molecule has 2 aliphatic carbocycles. The number of amides is 1. The highest BCUT2D eigenvalue weighted by atomic mass is 19.4. The summed E-state index contributed by atoms with van der Waals surface area (Å²) in [5.41, 5.74) is -0.811. The van der Waals surface area contributed by atoms with Crippen LogP contribution >= 0.6 is 0 Å². The Bertz CT molecular complexity index is 671. The number of hydrogen-bond acceptors (Lipinski definition) is 5. The van der Waals surface area contributed by atoms with E-state index in [-0.39, 0.29) is 23.7 Å². The van der Waals surface area contributed by atoms with Gasteiger partial charge in [-0.15, -0.1) is 0 Å². The number of halogens is 3. The molecule has 3 atom stereocenters. The van der Waals surface area contributed by atoms with Crippen molar-refractivity contribution in [3.05, 3.63) is 0 Å². The van der Waals surface area contributed by atoms with E-state index in [9.17, 15) is 27.9 Å². The second-order valence-corrected chi connectivity index (χ2v) is 8.47. The summed E-state index contributed by atoms with van der Waals surface area (Å²) < 4.78 is 31.7. The van der Waals surface area contributed by atoms with Gasteiger partial charge in [-0.05, 0) is 43.9 Å². The Morgan fingerprint density at radius 2 is 1.62 bits per heavy atom. The number of aliphatic hydroxyl groups is 1. The van der Waals surface area contributed by atoms with Crippen molar-refractivity contribution in [1.29, 1.82) is 0 Å². The predicted molar refractivity (Wildman–Crippen MR) is 91.7 cm³/mol. The summed E-state index contributed by atoms with van der Waals surface area (Å²) in [7, 11) is 0. The lowest BCUT2D eigenvalue weighted by atomic mass is 9.62. The lowest BCUT2D eigenvalue weighted by Gasteiger charge is -2.49. The van der Waals surface area contributed by atoms with Crippen LogP contribution in [0.1, 0.15) is 32.1 Å². The molecule has 29 heavy (non-hydrogen) atoms. The van der Waals surface area contributed by atoms with Crippen molar-refractivity contribution in [3.63, 3.8) is 0 Å². The molecular formula is C18H25F3N2O6. The zero-order chi connectivity index (χ0) is 21.6. The number of piperidine rings is 2. The molecule has 11 heteroatoms. The number of hydrogen-bond donors (Lipinski definition) is 4. The maximum Gasteiger partial charge on any atom is 0.490 e. The fourth-order valence-electron chi connectivity index (χ4n) is 4.77. The number of carboxylic acids is 2. The van der Waals surface area contributed by atoms with Gasteiger partial charge < -0.3 is 25.5 Å². The first-order valence-electron chi connectivity index (χ1n) is 9.70. The minimum absolute atomic E-state index is 0.141. The van der Waals surface area contributed by atoms with E-state index in [2.05, 4.69) is 5.32 Å². The molecule has 4 rings (SSSR count).